The first-order valence-electron chi connectivity index (χ1n) is 24.0. The van der Waals surface area contributed by atoms with Gasteiger partial charge in [-0.15, -0.1) is 22.7 Å². The number of benzene rings is 12. The normalized spacial score (nSPS) is 11.9. The summed E-state index contributed by atoms with van der Waals surface area (Å²) >= 11 is 3.78. The first-order valence-corrected chi connectivity index (χ1v) is 25.6. The molecule has 2 aromatic heterocycles. The van der Waals surface area contributed by atoms with E-state index in [0.29, 0.717) is 0 Å². The molecule has 0 aliphatic heterocycles. The molecule has 330 valence electrons. The van der Waals surface area contributed by atoms with Crippen molar-refractivity contribution in [1.82, 2.24) is 0 Å². The predicted molar refractivity (Wildman–Crippen MR) is 306 cm³/mol. The topological polar surface area (TPSA) is 6.48 Å². The van der Waals surface area contributed by atoms with Gasteiger partial charge in [-0.3, -0.25) is 0 Å². The Labute approximate surface area is 414 Å². The van der Waals surface area contributed by atoms with E-state index in [1.54, 1.807) is 0 Å². The van der Waals surface area contributed by atoms with Crippen LogP contribution in [0.2, 0.25) is 0 Å². The molecular weight excluding hydrogens is 885 g/mol. The number of rotatable bonds is 8. The van der Waals surface area contributed by atoms with Crippen molar-refractivity contribution in [3.05, 3.63) is 242 Å². The Balaban J connectivity index is 1.08. The van der Waals surface area contributed by atoms with Gasteiger partial charge in [0.25, 0.3) is 0 Å². The minimum Gasteiger partial charge on any atom is -0.308 e. The maximum atomic E-state index is 2.58. The standard InChI is InChI=1S/C66H44N2S2/c1-41-29-35-51-49-23-11-15-27-59(49)69-65(51)63(41)67(55-25-13-9-21-47(55)43-17-5-3-6-18-43)57-39-33-45-32-38-54-58(40-34-46-31-37-53(57)61(45)62(46)54)68(56-26-14-10-22-48(56)44-19-7-4-8-20-44)64-42(2)30-36-52-50-24-12-16-28-60(50)70-66(52)64/h3-40H,1-2H3. The molecule has 0 aliphatic rings. The fraction of sp³-hybridized carbons (Fsp3) is 0.0303. The van der Waals surface area contributed by atoms with Crippen LogP contribution in [0.3, 0.4) is 0 Å². The van der Waals surface area contributed by atoms with Gasteiger partial charge < -0.3 is 9.80 Å². The largest absolute Gasteiger partial charge is 0.308 e. The number of fused-ring (bicyclic) bond motifs is 6. The minimum atomic E-state index is 1.15. The van der Waals surface area contributed by atoms with Crippen molar-refractivity contribution < 1.29 is 0 Å². The van der Waals surface area contributed by atoms with Crippen molar-refractivity contribution in [2.75, 3.05) is 9.80 Å². The molecule has 0 bridgehead atoms. The van der Waals surface area contributed by atoms with Crippen LogP contribution in [0.25, 0.3) is 94.9 Å². The maximum Gasteiger partial charge on any atom is 0.0670 e. The van der Waals surface area contributed by atoms with Gasteiger partial charge in [-0.25, -0.2) is 0 Å². The first-order chi connectivity index (χ1) is 34.6. The van der Waals surface area contributed by atoms with Crippen LogP contribution in [-0.4, -0.2) is 0 Å². The molecule has 0 saturated carbocycles. The SMILES string of the molecule is Cc1ccc2c(sc3ccccc32)c1N(c1ccccc1-c1ccccc1)c1ccc2ccc3c(N(c4ccccc4-c4ccccc4)c4c(C)ccc5c4sc4ccccc45)ccc4ccc1c2c43. The molecule has 0 radical (unpaired) electrons. The van der Waals surface area contributed by atoms with Gasteiger partial charge in [-0.1, -0.05) is 194 Å². The number of anilines is 6. The highest BCUT2D eigenvalue weighted by molar-refractivity contribution is 7.26. The molecule has 0 amide bonds. The number of para-hydroxylation sites is 2. The van der Waals surface area contributed by atoms with E-state index in [2.05, 4.69) is 254 Å². The first kappa shape index (κ1) is 40.8. The quantitative estimate of drug-likeness (QED) is 0.140. The average Bonchev–Trinajstić information content (AvgIpc) is 3.99. The van der Waals surface area contributed by atoms with E-state index in [1.165, 1.54) is 117 Å². The lowest BCUT2D eigenvalue weighted by Crippen LogP contribution is -2.14. The molecule has 12 aromatic carbocycles. The van der Waals surface area contributed by atoms with E-state index < -0.39 is 0 Å². The fourth-order valence-corrected chi connectivity index (χ4v) is 13.8. The molecule has 4 heteroatoms. The van der Waals surface area contributed by atoms with Crippen molar-refractivity contribution in [2.24, 2.45) is 0 Å². The van der Waals surface area contributed by atoms with Crippen LogP contribution in [-0.2, 0) is 0 Å². The van der Waals surface area contributed by atoms with Gasteiger partial charge in [0.15, 0.2) is 0 Å². The van der Waals surface area contributed by atoms with E-state index in [0.717, 1.165) is 22.7 Å². The summed E-state index contributed by atoms with van der Waals surface area (Å²) in [5.74, 6) is 0. The molecule has 70 heavy (non-hydrogen) atoms. The van der Waals surface area contributed by atoms with E-state index in [1.807, 2.05) is 22.7 Å². The van der Waals surface area contributed by atoms with Crippen LogP contribution in [0.4, 0.5) is 34.1 Å². The van der Waals surface area contributed by atoms with Crippen molar-refractivity contribution >= 4 is 129 Å². The van der Waals surface area contributed by atoms with Gasteiger partial charge in [-0.05, 0) is 94.0 Å². The van der Waals surface area contributed by atoms with Gasteiger partial charge in [0.05, 0.1) is 43.5 Å². The summed E-state index contributed by atoms with van der Waals surface area (Å²) in [6.07, 6.45) is 0. The van der Waals surface area contributed by atoms with Gasteiger partial charge in [0.1, 0.15) is 0 Å². The molecule has 0 N–H and O–H groups in total. The molecular formula is C66H44N2S2. The van der Waals surface area contributed by atoms with E-state index >= 15 is 0 Å². The Bertz CT molecular complexity index is 4060. The Kier molecular flexibility index (Phi) is 9.42. The van der Waals surface area contributed by atoms with Crippen molar-refractivity contribution in [2.45, 2.75) is 13.8 Å². The molecule has 0 spiro atoms. The number of thiophene rings is 2. The van der Waals surface area contributed by atoms with Crippen LogP contribution in [0, 0.1) is 13.8 Å². The zero-order valence-corrected chi connectivity index (χ0v) is 40.3. The van der Waals surface area contributed by atoms with Gasteiger partial charge in [0, 0.05) is 52.8 Å². The smallest absolute Gasteiger partial charge is 0.0670 e. The fourth-order valence-electron chi connectivity index (χ4n) is 11.3. The second-order valence-electron chi connectivity index (χ2n) is 18.4. The maximum absolute atomic E-state index is 2.58. The van der Waals surface area contributed by atoms with E-state index in [9.17, 15) is 0 Å². The molecule has 0 saturated heterocycles. The summed E-state index contributed by atoms with van der Waals surface area (Å²) in [7, 11) is 0. The molecule has 14 aromatic rings. The third-order valence-corrected chi connectivity index (χ3v) is 16.8. The van der Waals surface area contributed by atoms with Crippen LogP contribution in [0.5, 0.6) is 0 Å². The summed E-state index contributed by atoms with van der Waals surface area (Å²) in [5.41, 5.74) is 14.2. The van der Waals surface area contributed by atoms with Gasteiger partial charge in [0.2, 0.25) is 0 Å². The molecule has 14 rings (SSSR count). The van der Waals surface area contributed by atoms with Crippen molar-refractivity contribution in [1.29, 1.82) is 0 Å². The molecule has 0 aliphatic carbocycles. The molecule has 2 nitrogen and oxygen atoms in total. The molecule has 0 atom stereocenters. The van der Waals surface area contributed by atoms with Crippen LogP contribution >= 0.6 is 22.7 Å². The summed E-state index contributed by atoms with van der Waals surface area (Å²) in [4.78, 5) is 5.16. The summed E-state index contributed by atoms with van der Waals surface area (Å²) in [5, 5.41) is 12.6. The molecule has 2 heterocycles. The van der Waals surface area contributed by atoms with Crippen molar-refractivity contribution in [3.63, 3.8) is 0 Å². The number of aryl methyl sites for hydroxylation is 2. The monoisotopic (exact) mass is 928 g/mol. The summed E-state index contributed by atoms with van der Waals surface area (Å²) < 4.78 is 5.16. The lowest BCUT2D eigenvalue weighted by atomic mass is 9.91. The highest BCUT2D eigenvalue weighted by Gasteiger charge is 2.28. The Morgan fingerprint density at radius 1 is 0.286 bits per heavy atom. The average molecular weight is 929 g/mol. The lowest BCUT2D eigenvalue weighted by Gasteiger charge is -2.32. The summed E-state index contributed by atoms with van der Waals surface area (Å²) in [6, 6.07) is 85.5. The minimum absolute atomic E-state index is 1.15. The Morgan fingerprint density at radius 2 is 0.657 bits per heavy atom. The third-order valence-electron chi connectivity index (χ3n) is 14.5. The molecule has 0 unspecified atom stereocenters. The van der Waals surface area contributed by atoms with Gasteiger partial charge in [-0.2, -0.15) is 0 Å². The van der Waals surface area contributed by atoms with E-state index in [-0.39, 0.29) is 0 Å². The third kappa shape index (κ3) is 6.24. The predicted octanol–water partition coefficient (Wildman–Crippen LogP) is 20.2. The second-order valence-corrected chi connectivity index (χ2v) is 20.5. The van der Waals surface area contributed by atoms with Crippen LogP contribution in [0.1, 0.15) is 11.1 Å². The zero-order chi connectivity index (χ0) is 46.5. The summed E-state index contributed by atoms with van der Waals surface area (Å²) in [6.45, 7) is 4.56. The second kappa shape index (κ2) is 16.2. The zero-order valence-electron chi connectivity index (χ0n) is 38.7. The number of hydrogen-bond donors (Lipinski definition) is 0. The highest BCUT2D eigenvalue weighted by atomic mass is 32.1. The lowest BCUT2D eigenvalue weighted by molar-refractivity contribution is 1.28. The number of nitrogens with zero attached hydrogens (tertiary/aromatic N) is 2. The van der Waals surface area contributed by atoms with Crippen molar-refractivity contribution in [3.8, 4) is 22.3 Å². The van der Waals surface area contributed by atoms with E-state index in [4.69, 9.17) is 0 Å². The number of hydrogen-bond acceptors (Lipinski definition) is 4. The Morgan fingerprint density at radius 3 is 1.11 bits per heavy atom. The highest BCUT2D eigenvalue weighted by Crippen LogP contribution is 2.54. The van der Waals surface area contributed by atoms with Crippen LogP contribution < -0.4 is 9.80 Å². The van der Waals surface area contributed by atoms with Crippen LogP contribution in [0.15, 0.2) is 231 Å². The van der Waals surface area contributed by atoms with Gasteiger partial charge >= 0.3 is 0 Å². The Hall–Kier alpha value is -8.28. The molecule has 0 fully saturated rings.